The Balaban J connectivity index is 1.44. The van der Waals surface area contributed by atoms with E-state index in [0.29, 0.717) is 6.54 Å². The third-order valence-electron chi connectivity index (χ3n) is 4.94. The molecule has 0 amide bonds. The fourth-order valence-corrected chi connectivity index (χ4v) is 3.34. The summed E-state index contributed by atoms with van der Waals surface area (Å²) in [4.78, 5) is 13.5. The molecule has 3 aromatic heterocycles. The Bertz CT molecular complexity index is 938. The number of hydrogen-bond donors (Lipinski definition) is 1. The average Bonchev–Trinajstić information content (AvgIpc) is 3.16. The monoisotopic (exact) mass is 318 g/mol. The first-order valence-electron chi connectivity index (χ1n) is 8.44. The van der Waals surface area contributed by atoms with Gasteiger partial charge in [-0.05, 0) is 30.9 Å². The SMILES string of the molecule is c1cnc2c(c1)CN=C2Nc1cnc2cnn(CC3CCC3)c2c1. The van der Waals surface area contributed by atoms with Gasteiger partial charge in [-0.1, -0.05) is 12.5 Å². The molecule has 1 saturated carbocycles. The first-order valence-corrected chi connectivity index (χ1v) is 8.44. The summed E-state index contributed by atoms with van der Waals surface area (Å²) in [7, 11) is 0. The Kier molecular flexibility index (Phi) is 3.07. The molecule has 120 valence electrons. The standard InChI is InChI=1S/C18H18N6/c1-3-12(4-1)11-24-16-7-14(9-20-15(16)10-22-24)23-18-17-13(8-21-18)5-2-6-19-17/h2,5-7,9-10,12H,1,3-4,8,11H2,(H,21,23). The van der Waals surface area contributed by atoms with Crippen molar-refractivity contribution in [2.24, 2.45) is 10.9 Å². The van der Waals surface area contributed by atoms with Gasteiger partial charge >= 0.3 is 0 Å². The fraction of sp³-hybridized carbons (Fsp3) is 0.333. The van der Waals surface area contributed by atoms with E-state index in [1.54, 1.807) is 6.20 Å². The number of rotatable bonds is 3. The second-order valence-corrected chi connectivity index (χ2v) is 6.55. The number of hydrogen-bond acceptors (Lipinski definition) is 5. The van der Waals surface area contributed by atoms with Crippen LogP contribution in [0.1, 0.15) is 30.5 Å². The predicted molar refractivity (Wildman–Crippen MR) is 93.0 cm³/mol. The van der Waals surface area contributed by atoms with Crippen LogP contribution in [0.25, 0.3) is 11.0 Å². The number of aliphatic imine (C=N–C) groups is 1. The summed E-state index contributed by atoms with van der Waals surface area (Å²) in [5, 5.41) is 7.88. The molecule has 6 heteroatoms. The van der Waals surface area contributed by atoms with Gasteiger partial charge in [0.15, 0.2) is 5.84 Å². The van der Waals surface area contributed by atoms with E-state index in [1.807, 2.05) is 18.5 Å². The molecule has 1 aliphatic carbocycles. The molecule has 3 aromatic rings. The number of pyridine rings is 2. The van der Waals surface area contributed by atoms with Crippen LogP contribution in [0.5, 0.6) is 0 Å². The van der Waals surface area contributed by atoms with Crippen molar-refractivity contribution in [2.75, 3.05) is 5.32 Å². The van der Waals surface area contributed by atoms with Gasteiger partial charge < -0.3 is 5.32 Å². The average molecular weight is 318 g/mol. The molecule has 24 heavy (non-hydrogen) atoms. The van der Waals surface area contributed by atoms with E-state index in [9.17, 15) is 0 Å². The summed E-state index contributed by atoms with van der Waals surface area (Å²) in [5.41, 5.74) is 5.03. The van der Waals surface area contributed by atoms with Crippen molar-refractivity contribution in [1.29, 1.82) is 0 Å². The first kappa shape index (κ1) is 13.7. The molecule has 0 unspecified atom stereocenters. The van der Waals surface area contributed by atoms with Crippen molar-refractivity contribution in [1.82, 2.24) is 19.7 Å². The van der Waals surface area contributed by atoms with E-state index in [2.05, 4.69) is 42.2 Å². The summed E-state index contributed by atoms with van der Waals surface area (Å²) < 4.78 is 2.08. The molecule has 5 rings (SSSR count). The summed E-state index contributed by atoms with van der Waals surface area (Å²) in [6.07, 6.45) is 9.46. The lowest BCUT2D eigenvalue weighted by Crippen LogP contribution is -2.18. The molecule has 0 atom stereocenters. The highest BCUT2D eigenvalue weighted by molar-refractivity contribution is 6.09. The minimum absolute atomic E-state index is 0.681. The minimum Gasteiger partial charge on any atom is -0.337 e. The Morgan fingerprint density at radius 1 is 1.21 bits per heavy atom. The molecular weight excluding hydrogens is 300 g/mol. The number of anilines is 1. The minimum atomic E-state index is 0.681. The topological polar surface area (TPSA) is 68.0 Å². The van der Waals surface area contributed by atoms with Crippen LogP contribution in [-0.2, 0) is 13.1 Å². The first-order chi connectivity index (χ1) is 11.9. The van der Waals surface area contributed by atoms with Crippen LogP contribution in [0.15, 0.2) is 41.8 Å². The molecule has 0 spiro atoms. The number of nitrogens with zero attached hydrogens (tertiary/aromatic N) is 5. The van der Waals surface area contributed by atoms with Gasteiger partial charge in [-0.3, -0.25) is 19.6 Å². The van der Waals surface area contributed by atoms with Crippen LogP contribution in [0, 0.1) is 5.92 Å². The highest BCUT2D eigenvalue weighted by Gasteiger charge is 2.20. The molecule has 0 aromatic carbocycles. The van der Waals surface area contributed by atoms with E-state index in [1.165, 1.54) is 19.3 Å². The van der Waals surface area contributed by atoms with Crippen LogP contribution in [0.4, 0.5) is 5.69 Å². The van der Waals surface area contributed by atoms with Gasteiger partial charge in [0.1, 0.15) is 11.2 Å². The second-order valence-electron chi connectivity index (χ2n) is 6.55. The van der Waals surface area contributed by atoms with Crippen molar-refractivity contribution >= 4 is 22.6 Å². The summed E-state index contributed by atoms with van der Waals surface area (Å²) in [6.45, 7) is 1.67. The molecule has 4 heterocycles. The summed E-state index contributed by atoms with van der Waals surface area (Å²) in [6, 6.07) is 6.12. The van der Waals surface area contributed by atoms with Gasteiger partial charge in [0.05, 0.1) is 30.1 Å². The number of amidine groups is 1. The van der Waals surface area contributed by atoms with E-state index in [0.717, 1.165) is 46.3 Å². The zero-order valence-electron chi connectivity index (χ0n) is 13.3. The zero-order chi connectivity index (χ0) is 15.9. The number of fused-ring (bicyclic) bond motifs is 2. The van der Waals surface area contributed by atoms with Gasteiger partial charge in [0.25, 0.3) is 0 Å². The normalized spacial score (nSPS) is 16.8. The molecule has 0 saturated heterocycles. The van der Waals surface area contributed by atoms with Gasteiger partial charge in [-0.2, -0.15) is 5.10 Å². The molecule has 1 N–H and O–H groups in total. The molecule has 1 fully saturated rings. The van der Waals surface area contributed by atoms with Gasteiger partial charge in [0, 0.05) is 18.3 Å². The van der Waals surface area contributed by atoms with Gasteiger partial charge in [-0.25, -0.2) is 0 Å². The van der Waals surface area contributed by atoms with E-state index >= 15 is 0 Å². The predicted octanol–water partition coefficient (Wildman–Crippen LogP) is 3.00. The zero-order valence-corrected chi connectivity index (χ0v) is 13.3. The van der Waals surface area contributed by atoms with Crippen LogP contribution < -0.4 is 5.32 Å². The quantitative estimate of drug-likeness (QED) is 0.806. The Hall–Kier alpha value is -2.76. The molecule has 1 aliphatic heterocycles. The van der Waals surface area contributed by atoms with Gasteiger partial charge in [0.2, 0.25) is 0 Å². The largest absolute Gasteiger partial charge is 0.337 e. The van der Waals surface area contributed by atoms with Crippen molar-refractivity contribution in [3.8, 4) is 0 Å². The van der Waals surface area contributed by atoms with E-state index in [-0.39, 0.29) is 0 Å². The van der Waals surface area contributed by atoms with Gasteiger partial charge in [-0.15, -0.1) is 0 Å². The number of nitrogens with one attached hydrogen (secondary N) is 1. The lowest BCUT2D eigenvalue weighted by atomic mass is 9.85. The molecule has 2 aliphatic rings. The number of aromatic nitrogens is 4. The van der Waals surface area contributed by atoms with Crippen molar-refractivity contribution in [3.05, 3.63) is 48.0 Å². The second kappa shape index (κ2) is 5.40. The summed E-state index contributed by atoms with van der Waals surface area (Å²) >= 11 is 0. The lowest BCUT2D eigenvalue weighted by Gasteiger charge is -2.25. The van der Waals surface area contributed by atoms with Crippen molar-refractivity contribution < 1.29 is 0 Å². The summed E-state index contributed by atoms with van der Waals surface area (Å²) in [5.74, 6) is 1.58. The Morgan fingerprint density at radius 3 is 3.04 bits per heavy atom. The van der Waals surface area contributed by atoms with E-state index in [4.69, 9.17) is 0 Å². The molecule has 0 radical (unpaired) electrons. The third-order valence-corrected chi connectivity index (χ3v) is 4.94. The third kappa shape index (κ3) is 2.26. The smallest absolute Gasteiger partial charge is 0.152 e. The Morgan fingerprint density at radius 2 is 2.17 bits per heavy atom. The van der Waals surface area contributed by atoms with Crippen LogP contribution >= 0.6 is 0 Å². The Labute approximate surface area is 139 Å². The molecule has 0 bridgehead atoms. The highest BCUT2D eigenvalue weighted by Crippen LogP contribution is 2.29. The maximum absolute atomic E-state index is 4.55. The fourth-order valence-electron chi connectivity index (χ4n) is 3.34. The van der Waals surface area contributed by atoms with Crippen molar-refractivity contribution in [3.63, 3.8) is 0 Å². The maximum atomic E-state index is 4.55. The highest BCUT2D eigenvalue weighted by atomic mass is 15.3. The molecular formula is C18H18N6. The van der Waals surface area contributed by atoms with Crippen LogP contribution in [-0.4, -0.2) is 25.6 Å². The maximum Gasteiger partial charge on any atom is 0.152 e. The van der Waals surface area contributed by atoms with Crippen LogP contribution in [0.3, 0.4) is 0 Å². The van der Waals surface area contributed by atoms with E-state index < -0.39 is 0 Å². The lowest BCUT2D eigenvalue weighted by molar-refractivity contribution is 0.270. The van der Waals surface area contributed by atoms with Crippen molar-refractivity contribution in [2.45, 2.75) is 32.4 Å². The van der Waals surface area contributed by atoms with Crippen LogP contribution in [0.2, 0.25) is 0 Å². The molecule has 6 nitrogen and oxygen atoms in total.